The van der Waals surface area contributed by atoms with E-state index in [1.807, 2.05) is 54.6 Å². The van der Waals surface area contributed by atoms with Crippen LogP contribution in [0.15, 0.2) is 84.9 Å². The fraction of sp³-hybridized carbons (Fsp3) is 0.233. The molecule has 5 rings (SSSR count). The molecule has 5 heteroatoms. The van der Waals surface area contributed by atoms with Crippen molar-refractivity contribution in [3.05, 3.63) is 107 Å². The van der Waals surface area contributed by atoms with Gasteiger partial charge in [-0.3, -0.25) is 9.69 Å². The molecule has 0 bridgehead atoms. The molecule has 1 N–H and O–H groups in total. The molecule has 5 nitrogen and oxygen atoms in total. The predicted octanol–water partition coefficient (Wildman–Crippen LogP) is 5.82. The largest absolute Gasteiger partial charge is 0.493 e. The molecule has 1 heterocycles. The number of ether oxygens (including phenoxy) is 2. The molecule has 0 saturated heterocycles. The summed E-state index contributed by atoms with van der Waals surface area (Å²) in [6.07, 6.45) is 1.42. The van der Waals surface area contributed by atoms with Crippen LogP contribution in [-0.4, -0.2) is 36.7 Å². The number of hydrogen-bond donors (Lipinski definition) is 1. The van der Waals surface area contributed by atoms with Gasteiger partial charge in [-0.05, 0) is 58.0 Å². The number of carboxylic acids is 1. The highest BCUT2D eigenvalue weighted by atomic mass is 16.5. The fourth-order valence-corrected chi connectivity index (χ4v) is 5.28. The summed E-state index contributed by atoms with van der Waals surface area (Å²) in [7, 11) is 3.27. The highest BCUT2D eigenvalue weighted by Crippen LogP contribution is 2.43. The van der Waals surface area contributed by atoms with Gasteiger partial charge in [0.05, 0.1) is 14.2 Å². The van der Waals surface area contributed by atoms with Gasteiger partial charge in [0.2, 0.25) is 0 Å². The molecule has 0 fully saturated rings. The Labute approximate surface area is 205 Å². The summed E-state index contributed by atoms with van der Waals surface area (Å²) in [4.78, 5) is 14.7. The third-order valence-electron chi connectivity index (χ3n) is 6.97. The number of aliphatic carboxylic acids is 1. The van der Waals surface area contributed by atoms with Crippen molar-refractivity contribution in [1.82, 2.24) is 4.90 Å². The maximum atomic E-state index is 12.6. The summed E-state index contributed by atoms with van der Waals surface area (Å²) in [6, 6.07) is 27.5. The van der Waals surface area contributed by atoms with Crippen LogP contribution in [0.2, 0.25) is 0 Å². The number of rotatable bonds is 7. The topological polar surface area (TPSA) is 59.0 Å². The molecule has 0 amide bonds. The minimum absolute atomic E-state index is 0.138. The van der Waals surface area contributed by atoms with Gasteiger partial charge in [-0.25, -0.2) is 0 Å². The van der Waals surface area contributed by atoms with Crippen LogP contribution < -0.4 is 9.47 Å². The van der Waals surface area contributed by atoms with Crippen molar-refractivity contribution in [3.63, 3.8) is 0 Å². The lowest BCUT2D eigenvalue weighted by Gasteiger charge is -2.41. The molecule has 0 spiro atoms. The van der Waals surface area contributed by atoms with Gasteiger partial charge in [0.1, 0.15) is 6.04 Å². The first-order valence-electron chi connectivity index (χ1n) is 11.8. The maximum Gasteiger partial charge on any atom is 0.325 e. The fourth-order valence-electron chi connectivity index (χ4n) is 5.28. The van der Waals surface area contributed by atoms with E-state index in [1.54, 1.807) is 14.2 Å². The van der Waals surface area contributed by atoms with Crippen molar-refractivity contribution in [1.29, 1.82) is 0 Å². The minimum atomic E-state index is -0.844. The molecule has 0 radical (unpaired) electrons. The molecule has 35 heavy (non-hydrogen) atoms. The molecule has 0 aliphatic carbocycles. The second kappa shape index (κ2) is 9.80. The van der Waals surface area contributed by atoms with Crippen molar-refractivity contribution in [3.8, 4) is 11.5 Å². The van der Waals surface area contributed by atoms with Crippen LogP contribution in [0, 0.1) is 0 Å². The Balaban J connectivity index is 1.62. The van der Waals surface area contributed by atoms with Crippen molar-refractivity contribution in [2.24, 2.45) is 0 Å². The zero-order valence-corrected chi connectivity index (χ0v) is 20.0. The Morgan fingerprint density at radius 3 is 2.31 bits per heavy atom. The summed E-state index contributed by atoms with van der Waals surface area (Å²) in [5.41, 5.74) is 4.21. The van der Waals surface area contributed by atoms with Gasteiger partial charge in [-0.1, -0.05) is 72.8 Å². The van der Waals surface area contributed by atoms with E-state index in [-0.39, 0.29) is 6.04 Å². The standard InChI is InChI=1S/C30H29NO4/c1-34-27-18-24-14-15-31(29(30(32)33)22-9-4-3-5-10-22)26(25(24)19-28(27)35-2)17-20-12-13-21-8-6-7-11-23(21)16-20/h3-13,16,18-19,26,29H,14-15,17H2,1-2H3,(H,32,33). The van der Waals surface area contributed by atoms with Gasteiger partial charge in [-0.15, -0.1) is 0 Å². The summed E-state index contributed by atoms with van der Waals surface area (Å²) < 4.78 is 11.2. The van der Waals surface area contributed by atoms with Crippen molar-refractivity contribution in [2.45, 2.75) is 24.9 Å². The molecule has 1 aliphatic heterocycles. The lowest BCUT2D eigenvalue weighted by atomic mass is 9.86. The summed E-state index contributed by atoms with van der Waals surface area (Å²) in [5, 5.41) is 12.7. The lowest BCUT2D eigenvalue weighted by Crippen LogP contribution is -2.42. The third kappa shape index (κ3) is 4.47. The number of carbonyl (C=O) groups is 1. The highest BCUT2D eigenvalue weighted by Gasteiger charge is 2.37. The first-order chi connectivity index (χ1) is 17.1. The van der Waals surface area contributed by atoms with E-state index in [4.69, 9.17) is 9.47 Å². The van der Waals surface area contributed by atoms with Gasteiger partial charge >= 0.3 is 5.97 Å². The van der Waals surface area contributed by atoms with Crippen molar-refractivity contribution < 1.29 is 19.4 Å². The number of nitrogens with zero attached hydrogens (tertiary/aromatic N) is 1. The Morgan fingerprint density at radius 1 is 0.914 bits per heavy atom. The second-order valence-electron chi connectivity index (χ2n) is 8.95. The molecule has 4 aromatic carbocycles. The average Bonchev–Trinajstić information content (AvgIpc) is 2.89. The zero-order chi connectivity index (χ0) is 24.4. The van der Waals surface area contributed by atoms with E-state index in [0.29, 0.717) is 24.5 Å². The van der Waals surface area contributed by atoms with Crippen LogP contribution in [0.3, 0.4) is 0 Å². The van der Waals surface area contributed by atoms with E-state index in [0.717, 1.165) is 17.5 Å². The van der Waals surface area contributed by atoms with Gasteiger partial charge in [0.15, 0.2) is 11.5 Å². The number of carboxylic acid groups (broad SMARTS) is 1. The molecule has 4 aromatic rings. The summed E-state index contributed by atoms with van der Waals surface area (Å²) in [5.74, 6) is 0.508. The average molecular weight is 468 g/mol. The molecular weight excluding hydrogens is 438 g/mol. The van der Waals surface area contributed by atoms with E-state index < -0.39 is 12.0 Å². The SMILES string of the molecule is COc1cc2c(cc1OC)C(Cc1ccc3ccccc3c1)N(C(C(=O)O)c1ccccc1)CC2. The van der Waals surface area contributed by atoms with Crippen LogP contribution in [0.5, 0.6) is 11.5 Å². The minimum Gasteiger partial charge on any atom is -0.493 e. The summed E-state index contributed by atoms with van der Waals surface area (Å²) in [6.45, 7) is 0.632. The molecule has 2 atom stereocenters. The van der Waals surface area contributed by atoms with Crippen molar-refractivity contribution in [2.75, 3.05) is 20.8 Å². The van der Waals surface area contributed by atoms with E-state index in [9.17, 15) is 9.90 Å². The Morgan fingerprint density at radius 2 is 1.60 bits per heavy atom. The van der Waals surface area contributed by atoms with E-state index in [1.165, 1.54) is 21.9 Å². The number of benzene rings is 4. The lowest BCUT2D eigenvalue weighted by molar-refractivity contribution is -0.145. The van der Waals surface area contributed by atoms with Gasteiger partial charge in [-0.2, -0.15) is 0 Å². The van der Waals surface area contributed by atoms with E-state index >= 15 is 0 Å². The number of fused-ring (bicyclic) bond motifs is 2. The Hall–Kier alpha value is -3.83. The van der Waals surface area contributed by atoms with E-state index in [2.05, 4.69) is 35.2 Å². The quantitative estimate of drug-likeness (QED) is 0.371. The van der Waals surface area contributed by atoms with Crippen LogP contribution in [0.1, 0.15) is 34.3 Å². The van der Waals surface area contributed by atoms with Gasteiger partial charge in [0, 0.05) is 12.6 Å². The monoisotopic (exact) mass is 467 g/mol. The molecule has 0 aromatic heterocycles. The van der Waals surface area contributed by atoms with Crippen LogP contribution >= 0.6 is 0 Å². The smallest absolute Gasteiger partial charge is 0.325 e. The van der Waals surface area contributed by atoms with Crippen LogP contribution in [0.4, 0.5) is 0 Å². The highest BCUT2D eigenvalue weighted by molar-refractivity contribution is 5.83. The Kier molecular flexibility index (Phi) is 6.43. The van der Waals surface area contributed by atoms with Gasteiger partial charge < -0.3 is 14.6 Å². The number of methoxy groups -OCH3 is 2. The summed E-state index contributed by atoms with van der Waals surface area (Å²) >= 11 is 0. The molecule has 0 saturated carbocycles. The number of hydrogen-bond acceptors (Lipinski definition) is 4. The molecular formula is C30H29NO4. The van der Waals surface area contributed by atoms with Gasteiger partial charge in [0.25, 0.3) is 0 Å². The van der Waals surface area contributed by atoms with Crippen molar-refractivity contribution >= 4 is 16.7 Å². The predicted molar refractivity (Wildman–Crippen MR) is 137 cm³/mol. The van der Waals surface area contributed by atoms with Crippen LogP contribution in [-0.2, 0) is 17.6 Å². The molecule has 2 unspecified atom stereocenters. The second-order valence-corrected chi connectivity index (χ2v) is 8.95. The molecule has 1 aliphatic rings. The first-order valence-corrected chi connectivity index (χ1v) is 11.8. The third-order valence-corrected chi connectivity index (χ3v) is 6.97. The normalized spacial score (nSPS) is 16.5. The molecule has 178 valence electrons. The van der Waals surface area contributed by atoms with Crippen LogP contribution in [0.25, 0.3) is 10.8 Å². The Bertz CT molecular complexity index is 1350. The maximum absolute atomic E-state index is 12.6. The first kappa shape index (κ1) is 22.9. The zero-order valence-electron chi connectivity index (χ0n) is 20.0.